The average molecular weight is 225 g/mol. The van der Waals surface area contributed by atoms with Crippen LogP contribution in [-0.2, 0) is 4.74 Å². The lowest BCUT2D eigenvalue weighted by atomic mass is 10.2. The summed E-state index contributed by atoms with van der Waals surface area (Å²) < 4.78 is 9.82. The molecule has 0 aromatic heterocycles. The molecule has 1 rings (SSSR count). The number of methoxy groups -OCH3 is 1. The van der Waals surface area contributed by atoms with Crippen molar-refractivity contribution in [2.24, 2.45) is 0 Å². The fraction of sp³-hybridized carbons (Fsp3) is 0.364. The fourth-order valence-electron chi connectivity index (χ4n) is 1.11. The van der Waals surface area contributed by atoms with E-state index < -0.39 is 12.1 Å². The van der Waals surface area contributed by atoms with Gasteiger partial charge in [0.05, 0.1) is 18.8 Å². The van der Waals surface area contributed by atoms with Gasteiger partial charge in [0, 0.05) is 5.69 Å². The zero-order valence-corrected chi connectivity index (χ0v) is 9.27. The number of esters is 1. The molecule has 0 aliphatic carbocycles. The number of nitrogen functional groups attached to an aromatic ring is 1. The number of anilines is 1. The normalized spacial score (nSPS) is 11.9. The minimum Gasteiger partial charge on any atom is -0.497 e. The van der Waals surface area contributed by atoms with Crippen LogP contribution in [0.25, 0.3) is 0 Å². The van der Waals surface area contributed by atoms with Crippen molar-refractivity contribution < 1.29 is 19.4 Å². The number of aliphatic hydroxyl groups excluding tert-OH is 1. The van der Waals surface area contributed by atoms with Crippen LogP contribution in [0.5, 0.6) is 5.75 Å². The molecule has 0 radical (unpaired) electrons. The monoisotopic (exact) mass is 225 g/mol. The van der Waals surface area contributed by atoms with Gasteiger partial charge in [-0.15, -0.1) is 0 Å². The number of ether oxygens (including phenoxy) is 2. The Morgan fingerprint density at radius 2 is 2.25 bits per heavy atom. The largest absolute Gasteiger partial charge is 0.497 e. The molecule has 0 aliphatic heterocycles. The van der Waals surface area contributed by atoms with Crippen LogP contribution in [0.15, 0.2) is 18.2 Å². The van der Waals surface area contributed by atoms with Gasteiger partial charge in [0.15, 0.2) is 0 Å². The Hall–Kier alpha value is -1.75. The summed E-state index contributed by atoms with van der Waals surface area (Å²) in [7, 11) is 1.50. The van der Waals surface area contributed by atoms with Crippen molar-refractivity contribution in [2.45, 2.75) is 13.0 Å². The molecule has 0 heterocycles. The number of rotatable bonds is 4. The summed E-state index contributed by atoms with van der Waals surface area (Å²) in [5, 5.41) is 8.99. The zero-order valence-electron chi connectivity index (χ0n) is 9.27. The van der Waals surface area contributed by atoms with Crippen molar-refractivity contribution in [3.8, 4) is 5.75 Å². The van der Waals surface area contributed by atoms with Crippen LogP contribution in [-0.4, -0.2) is 30.9 Å². The van der Waals surface area contributed by atoms with E-state index in [9.17, 15) is 4.79 Å². The van der Waals surface area contributed by atoms with Gasteiger partial charge in [-0.2, -0.15) is 0 Å². The molecule has 1 atom stereocenters. The highest BCUT2D eigenvalue weighted by Gasteiger charge is 2.13. The van der Waals surface area contributed by atoms with Crippen LogP contribution in [0.4, 0.5) is 5.69 Å². The van der Waals surface area contributed by atoms with E-state index in [-0.39, 0.29) is 12.2 Å². The van der Waals surface area contributed by atoms with E-state index in [0.29, 0.717) is 11.4 Å². The number of aliphatic hydroxyl groups is 1. The molecule has 16 heavy (non-hydrogen) atoms. The second-order valence-electron chi connectivity index (χ2n) is 3.40. The molecule has 0 saturated heterocycles. The summed E-state index contributed by atoms with van der Waals surface area (Å²) in [5.41, 5.74) is 6.18. The van der Waals surface area contributed by atoms with Crippen LogP contribution < -0.4 is 10.5 Å². The van der Waals surface area contributed by atoms with Gasteiger partial charge < -0.3 is 20.3 Å². The number of hydrogen-bond acceptors (Lipinski definition) is 5. The third-order valence-corrected chi connectivity index (χ3v) is 1.94. The molecule has 1 aromatic carbocycles. The Bertz CT molecular complexity index is 376. The van der Waals surface area contributed by atoms with Crippen molar-refractivity contribution in [3.63, 3.8) is 0 Å². The van der Waals surface area contributed by atoms with Crippen LogP contribution in [0.3, 0.4) is 0 Å². The molecule has 88 valence electrons. The molecule has 5 heteroatoms. The highest BCUT2D eigenvalue weighted by molar-refractivity contribution is 5.95. The van der Waals surface area contributed by atoms with Gasteiger partial charge in [-0.1, -0.05) is 0 Å². The Morgan fingerprint density at radius 3 is 2.81 bits per heavy atom. The van der Waals surface area contributed by atoms with Gasteiger partial charge in [-0.05, 0) is 25.1 Å². The van der Waals surface area contributed by atoms with Crippen LogP contribution >= 0.6 is 0 Å². The van der Waals surface area contributed by atoms with Crippen LogP contribution in [0.2, 0.25) is 0 Å². The lowest BCUT2D eigenvalue weighted by Gasteiger charge is -2.09. The fourth-order valence-corrected chi connectivity index (χ4v) is 1.11. The van der Waals surface area contributed by atoms with Crippen molar-refractivity contribution in [1.82, 2.24) is 0 Å². The second-order valence-corrected chi connectivity index (χ2v) is 3.40. The van der Waals surface area contributed by atoms with E-state index in [2.05, 4.69) is 0 Å². The molecule has 0 amide bonds. The summed E-state index contributed by atoms with van der Waals surface area (Å²) in [6.45, 7) is 1.47. The first-order chi connectivity index (χ1) is 7.54. The number of carbonyl (C=O) groups is 1. The Balaban J connectivity index is 2.81. The summed E-state index contributed by atoms with van der Waals surface area (Å²) >= 11 is 0. The lowest BCUT2D eigenvalue weighted by Crippen LogP contribution is -2.16. The number of benzene rings is 1. The van der Waals surface area contributed by atoms with E-state index in [4.69, 9.17) is 20.3 Å². The van der Waals surface area contributed by atoms with E-state index in [1.54, 1.807) is 12.1 Å². The Morgan fingerprint density at radius 1 is 1.56 bits per heavy atom. The van der Waals surface area contributed by atoms with E-state index in [1.165, 1.54) is 20.1 Å². The predicted molar refractivity (Wildman–Crippen MR) is 59.4 cm³/mol. The molecule has 5 nitrogen and oxygen atoms in total. The van der Waals surface area contributed by atoms with Crippen molar-refractivity contribution >= 4 is 11.7 Å². The van der Waals surface area contributed by atoms with Crippen LogP contribution in [0, 0.1) is 0 Å². The summed E-state index contributed by atoms with van der Waals surface area (Å²) in [4.78, 5) is 11.6. The van der Waals surface area contributed by atoms with Crippen molar-refractivity contribution in [3.05, 3.63) is 23.8 Å². The maximum absolute atomic E-state index is 11.6. The number of nitrogens with two attached hydrogens (primary N) is 1. The third kappa shape index (κ3) is 3.13. The topological polar surface area (TPSA) is 81.8 Å². The van der Waals surface area contributed by atoms with Gasteiger partial charge in [-0.25, -0.2) is 4.79 Å². The molecule has 3 N–H and O–H groups in total. The zero-order chi connectivity index (χ0) is 12.1. The smallest absolute Gasteiger partial charge is 0.340 e. The predicted octanol–water partition coefficient (Wildman–Crippen LogP) is 0.815. The SMILES string of the molecule is COc1ccc(N)c(C(=O)OCC(C)O)c1. The molecule has 0 saturated carbocycles. The molecule has 0 fully saturated rings. The minimum absolute atomic E-state index is 0.0600. The highest BCUT2D eigenvalue weighted by atomic mass is 16.5. The van der Waals surface area contributed by atoms with Gasteiger partial charge in [0.1, 0.15) is 12.4 Å². The first-order valence-electron chi connectivity index (χ1n) is 4.83. The van der Waals surface area contributed by atoms with Gasteiger partial charge in [-0.3, -0.25) is 0 Å². The Labute approximate surface area is 93.8 Å². The van der Waals surface area contributed by atoms with Gasteiger partial charge in [0.2, 0.25) is 0 Å². The molecular formula is C11H15NO4. The molecule has 1 unspecified atom stereocenters. The molecule has 1 aromatic rings. The lowest BCUT2D eigenvalue weighted by molar-refractivity contribution is 0.0297. The van der Waals surface area contributed by atoms with E-state index >= 15 is 0 Å². The maximum Gasteiger partial charge on any atom is 0.340 e. The summed E-state index contributed by atoms with van der Waals surface area (Å²) in [6, 6.07) is 4.72. The third-order valence-electron chi connectivity index (χ3n) is 1.94. The summed E-state index contributed by atoms with van der Waals surface area (Å²) in [5.74, 6) is -0.0458. The standard InChI is InChI=1S/C11H15NO4/c1-7(13)6-16-11(14)9-5-8(15-2)3-4-10(9)12/h3-5,7,13H,6,12H2,1-2H3. The van der Waals surface area contributed by atoms with Gasteiger partial charge >= 0.3 is 5.97 Å². The molecular weight excluding hydrogens is 210 g/mol. The van der Waals surface area contributed by atoms with E-state index in [1.807, 2.05) is 0 Å². The Kier molecular flexibility index (Phi) is 4.13. The molecule has 0 aliphatic rings. The summed E-state index contributed by atoms with van der Waals surface area (Å²) in [6.07, 6.45) is -0.698. The van der Waals surface area contributed by atoms with Gasteiger partial charge in [0.25, 0.3) is 0 Å². The van der Waals surface area contributed by atoms with Crippen LogP contribution in [0.1, 0.15) is 17.3 Å². The van der Waals surface area contributed by atoms with Crippen molar-refractivity contribution in [1.29, 1.82) is 0 Å². The number of hydrogen-bond donors (Lipinski definition) is 2. The molecule has 0 spiro atoms. The molecule has 0 bridgehead atoms. The average Bonchev–Trinajstić information content (AvgIpc) is 2.26. The van der Waals surface area contributed by atoms with E-state index in [0.717, 1.165) is 0 Å². The highest BCUT2D eigenvalue weighted by Crippen LogP contribution is 2.20. The first-order valence-corrected chi connectivity index (χ1v) is 4.83. The second kappa shape index (κ2) is 5.37. The minimum atomic E-state index is -0.698. The maximum atomic E-state index is 11.6. The first kappa shape index (κ1) is 12.3. The number of carbonyl (C=O) groups excluding carboxylic acids is 1. The quantitative estimate of drug-likeness (QED) is 0.585. The van der Waals surface area contributed by atoms with Crippen molar-refractivity contribution in [2.75, 3.05) is 19.5 Å².